The molecule has 0 saturated heterocycles. The number of amides is 1. The molecular weight excluding hydrogens is 267 g/mol. The van der Waals surface area contributed by atoms with Gasteiger partial charge in [0, 0.05) is 24.2 Å². The zero-order valence-corrected chi connectivity index (χ0v) is 11.7. The molecule has 0 bridgehead atoms. The van der Waals surface area contributed by atoms with E-state index in [1.54, 1.807) is 18.3 Å². The molecular formula is C17H17FN2O. The van der Waals surface area contributed by atoms with Crippen molar-refractivity contribution >= 4 is 5.91 Å². The Morgan fingerprint density at radius 2 is 2.00 bits per heavy atom. The highest BCUT2D eigenvalue weighted by atomic mass is 19.1. The van der Waals surface area contributed by atoms with Crippen LogP contribution in [-0.4, -0.2) is 10.9 Å². The van der Waals surface area contributed by atoms with Gasteiger partial charge in [-0.05, 0) is 48.7 Å². The summed E-state index contributed by atoms with van der Waals surface area (Å²) in [5.74, 6) is 0.0284. The van der Waals surface area contributed by atoms with Crippen molar-refractivity contribution in [3.8, 4) is 11.3 Å². The number of halogens is 1. The Kier molecular flexibility index (Phi) is 3.95. The molecule has 0 radical (unpaired) electrons. The van der Waals surface area contributed by atoms with Crippen molar-refractivity contribution < 1.29 is 9.18 Å². The summed E-state index contributed by atoms with van der Waals surface area (Å²) in [5.41, 5.74) is 2.58. The number of nitrogens with zero attached hydrogens (tertiary/aromatic N) is 1. The first-order valence-electron chi connectivity index (χ1n) is 7.21. The van der Waals surface area contributed by atoms with Gasteiger partial charge in [0.25, 0.3) is 0 Å². The van der Waals surface area contributed by atoms with Gasteiger partial charge in [-0.3, -0.25) is 9.78 Å². The number of carbonyl (C=O) groups is 1. The fraction of sp³-hybridized carbons (Fsp3) is 0.294. The van der Waals surface area contributed by atoms with Gasteiger partial charge in [-0.2, -0.15) is 0 Å². The molecule has 1 fully saturated rings. The smallest absolute Gasteiger partial charge is 0.223 e. The molecule has 1 aliphatic carbocycles. The molecule has 0 spiro atoms. The van der Waals surface area contributed by atoms with E-state index in [0.29, 0.717) is 6.54 Å². The molecule has 3 rings (SSSR count). The first-order chi connectivity index (χ1) is 10.2. The zero-order chi connectivity index (χ0) is 14.7. The Morgan fingerprint density at radius 1 is 1.24 bits per heavy atom. The molecule has 1 aromatic heterocycles. The second-order valence-electron chi connectivity index (χ2n) is 5.36. The average Bonchev–Trinajstić information content (AvgIpc) is 2.44. The molecule has 1 heterocycles. The summed E-state index contributed by atoms with van der Waals surface area (Å²) >= 11 is 0. The third kappa shape index (κ3) is 3.10. The van der Waals surface area contributed by atoms with E-state index in [1.807, 2.05) is 12.1 Å². The number of hydrogen-bond donors (Lipinski definition) is 1. The lowest BCUT2D eigenvalue weighted by Crippen LogP contribution is -2.34. The van der Waals surface area contributed by atoms with Gasteiger partial charge in [-0.15, -0.1) is 0 Å². The van der Waals surface area contributed by atoms with Crippen LogP contribution in [0.25, 0.3) is 11.3 Å². The van der Waals surface area contributed by atoms with Gasteiger partial charge < -0.3 is 5.32 Å². The number of rotatable bonds is 4. The van der Waals surface area contributed by atoms with Crippen LogP contribution in [-0.2, 0) is 11.3 Å². The molecule has 0 unspecified atom stereocenters. The summed E-state index contributed by atoms with van der Waals surface area (Å²) < 4.78 is 13.0. The van der Waals surface area contributed by atoms with Gasteiger partial charge in [0.05, 0.1) is 5.69 Å². The first kappa shape index (κ1) is 13.7. The number of hydrogen-bond acceptors (Lipinski definition) is 2. The van der Waals surface area contributed by atoms with Crippen molar-refractivity contribution in [2.45, 2.75) is 25.8 Å². The minimum atomic E-state index is -0.269. The van der Waals surface area contributed by atoms with Gasteiger partial charge >= 0.3 is 0 Å². The van der Waals surface area contributed by atoms with Gasteiger partial charge in [0.2, 0.25) is 5.91 Å². The SMILES string of the molecule is O=C(NCc1cccnc1-c1ccc(F)cc1)C1CCC1. The van der Waals surface area contributed by atoms with Crippen molar-refractivity contribution in [2.24, 2.45) is 5.92 Å². The van der Waals surface area contributed by atoms with Crippen LogP contribution < -0.4 is 5.32 Å². The summed E-state index contributed by atoms with van der Waals surface area (Å²) in [7, 11) is 0. The van der Waals surface area contributed by atoms with Gasteiger partial charge in [0.1, 0.15) is 5.82 Å². The molecule has 0 aliphatic heterocycles. The topological polar surface area (TPSA) is 42.0 Å². The van der Waals surface area contributed by atoms with Crippen LogP contribution in [0.2, 0.25) is 0 Å². The van der Waals surface area contributed by atoms with Crippen molar-refractivity contribution in [1.29, 1.82) is 0 Å². The van der Waals surface area contributed by atoms with Crippen LogP contribution in [0.5, 0.6) is 0 Å². The van der Waals surface area contributed by atoms with E-state index in [0.717, 1.165) is 36.1 Å². The number of benzene rings is 1. The molecule has 21 heavy (non-hydrogen) atoms. The molecule has 1 aliphatic rings. The zero-order valence-electron chi connectivity index (χ0n) is 11.7. The fourth-order valence-corrected chi connectivity index (χ4v) is 2.45. The number of carbonyl (C=O) groups excluding carboxylic acids is 1. The molecule has 1 amide bonds. The predicted molar refractivity (Wildman–Crippen MR) is 78.8 cm³/mol. The molecule has 108 valence electrons. The molecule has 4 heteroatoms. The van der Waals surface area contributed by atoms with Crippen LogP contribution in [0.3, 0.4) is 0 Å². The van der Waals surface area contributed by atoms with Gasteiger partial charge in [-0.1, -0.05) is 12.5 Å². The second-order valence-corrected chi connectivity index (χ2v) is 5.36. The summed E-state index contributed by atoms with van der Waals surface area (Å²) in [6, 6.07) is 10.0. The van der Waals surface area contributed by atoms with E-state index in [1.165, 1.54) is 12.1 Å². The number of aromatic nitrogens is 1. The average molecular weight is 284 g/mol. The van der Waals surface area contributed by atoms with Crippen molar-refractivity contribution in [2.75, 3.05) is 0 Å². The fourth-order valence-electron chi connectivity index (χ4n) is 2.45. The second kappa shape index (κ2) is 6.04. The summed E-state index contributed by atoms with van der Waals surface area (Å²) in [5, 5.41) is 2.97. The largest absolute Gasteiger partial charge is 0.352 e. The number of pyridine rings is 1. The van der Waals surface area contributed by atoms with Crippen LogP contribution in [0.15, 0.2) is 42.6 Å². The van der Waals surface area contributed by atoms with Crippen LogP contribution >= 0.6 is 0 Å². The van der Waals surface area contributed by atoms with Crippen molar-refractivity contribution in [3.05, 3.63) is 54.0 Å². The lowest BCUT2D eigenvalue weighted by Gasteiger charge is -2.24. The first-order valence-corrected chi connectivity index (χ1v) is 7.21. The van der Waals surface area contributed by atoms with Crippen LogP contribution in [0.1, 0.15) is 24.8 Å². The van der Waals surface area contributed by atoms with Crippen molar-refractivity contribution in [1.82, 2.24) is 10.3 Å². The van der Waals surface area contributed by atoms with E-state index in [4.69, 9.17) is 0 Å². The van der Waals surface area contributed by atoms with E-state index in [9.17, 15) is 9.18 Å². The molecule has 2 aromatic rings. The van der Waals surface area contributed by atoms with Crippen LogP contribution in [0.4, 0.5) is 4.39 Å². The molecule has 3 nitrogen and oxygen atoms in total. The Morgan fingerprint density at radius 3 is 2.67 bits per heavy atom. The maximum Gasteiger partial charge on any atom is 0.223 e. The lowest BCUT2D eigenvalue weighted by atomic mass is 9.85. The Labute approximate surface area is 123 Å². The maximum absolute atomic E-state index is 13.0. The lowest BCUT2D eigenvalue weighted by molar-refractivity contribution is -0.127. The van der Waals surface area contributed by atoms with E-state index >= 15 is 0 Å². The van der Waals surface area contributed by atoms with Crippen LogP contribution in [0, 0.1) is 11.7 Å². The Hall–Kier alpha value is -2.23. The normalized spacial score (nSPS) is 14.5. The monoisotopic (exact) mass is 284 g/mol. The summed E-state index contributed by atoms with van der Waals surface area (Å²) in [4.78, 5) is 16.3. The molecule has 0 atom stereocenters. The number of nitrogens with one attached hydrogen (secondary N) is 1. The highest BCUT2D eigenvalue weighted by Crippen LogP contribution is 2.26. The molecule has 1 N–H and O–H groups in total. The van der Waals surface area contributed by atoms with Gasteiger partial charge in [-0.25, -0.2) is 4.39 Å². The minimum absolute atomic E-state index is 0.121. The molecule has 1 aromatic carbocycles. The van der Waals surface area contributed by atoms with E-state index < -0.39 is 0 Å². The minimum Gasteiger partial charge on any atom is -0.352 e. The summed E-state index contributed by atoms with van der Waals surface area (Å²) in [6.07, 6.45) is 4.83. The quantitative estimate of drug-likeness (QED) is 0.936. The van der Waals surface area contributed by atoms with E-state index in [-0.39, 0.29) is 17.6 Å². The highest BCUT2D eigenvalue weighted by molar-refractivity contribution is 5.79. The standard InChI is InChI=1S/C17H17FN2O/c18-15-8-6-12(7-9-15)16-14(5-2-10-19-16)11-20-17(21)13-3-1-4-13/h2,5-10,13H,1,3-4,11H2,(H,20,21). The third-order valence-electron chi connectivity index (χ3n) is 3.94. The Balaban J connectivity index is 1.76. The summed E-state index contributed by atoms with van der Waals surface area (Å²) in [6.45, 7) is 0.454. The maximum atomic E-state index is 13.0. The Bertz CT molecular complexity index is 635. The molecule has 1 saturated carbocycles. The van der Waals surface area contributed by atoms with Gasteiger partial charge in [0.15, 0.2) is 0 Å². The predicted octanol–water partition coefficient (Wildman–Crippen LogP) is 3.30. The van der Waals surface area contributed by atoms with E-state index in [2.05, 4.69) is 10.3 Å². The third-order valence-corrected chi connectivity index (χ3v) is 3.94. The highest BCUT2D eigenvalue weighted by Gasteiger charge is 2.24. The van der Waals surface area contributed by atoms with Crippen molar-refractivity contribution in [3.63, 3.8) is 0 Å².